The number of carbonyl (C=O) groups is 1. The molecule has 0 spiro atoms. The van der Waals surface area contributed by atoms with Crippen molar-refractivity contribution < 1.29 is 9.53 Å². The predicted molar refractivity (Wildman–Crippen MR) is 66.6 cm³/mol. The maximum Gasteiger partial charge on any atom is 0.246 e. The van der Waals surface area contributed by atoms with Crippen LogP contribution in [0.5, 0.6) is 0 Å². The van der Waals surface area contributed by atoms with Crippen LogP contribution in [-0.2, 0) is 9.53 Å². The molecule has 94 valence electrons. The van der Waals surface area contributed by atoms with Gasteiger partial charge in [-0.3, -0.25) is 4.79 Å². The second-order valence-corrected chi connectivity index (χ2v) is 3.90. The number of hydrogen-bond donors (Lipinski definition) is 2. The molecule has 0 aromatic rings. The Hall–Kier alpha value is -0.580. The molecular formula is C11H21ClN2O2. The van der Waals surface area contributed by atoms with Gasteiger partial charge in [0.2, 0.25) is 5.91 Å². The Kier molecular flexibility index (Phi) is 8.25. The molecule has 4 nitrogen and oxygen atoms in total. The molecule has 5 heteroatoms. The summed E-state index contributed by atoms with van der Waals surface area (Å²) in [4.78, 5) is 11.4. The molecule has 1 aliphatic rings. The second-order valence-electron chi connectivity index (χ2n) is 3.90. The first-order valence-electron chi connectivity index (χ1n) is 5.46. The first-order valence-corrected chi connectivity index (χ1v) is 5.46. The van der Waals surface area contributed by atoms with Crippen molar-refractivity contribution in [2.75, 3.05) is 19.8 Å². The van der Waals surface area contributed by atoms with Crippen LogP contribution in [0, 0.1) is 5.92 Å². The molecule has 16 heavy (non-hydrogen) atoms. The van der Waals surface area contributed by atoms with Crippen molar-refractivity contribution >= 4 is 18.3 Å². The summed E-state index contributed by atoms with van der Waals surface area (Å²) < 4.78 is 5.06. The van der Waals surface area contributed by atoms with Gasteiger partial charge in [-0.2, -0.15) is 0 Å². The van der Waals surface area contributed by atoms with Gasteiger partial charge in [-0.05, 0) is 25.3 Å². The fourth-order valence-electron chi connectivity index (χ4n) is 1.99. The highest BCUT2D eigenvalue weighted by Crippen LogP contribution is 2.24. The van der Waals surface area contributed by atoms with E-state index in [-0.39, 0.29) is 31.0 Å². The Morgan fingerprint density at radius 2 is 2.31 bits per heavy atom. The van der Waals surface area contributed by atoms with Crippen molar-refractivity contribution in [1.82, 2.24) is 5.32 Å². The zero-order valence-electron chi connectivity index (χ0n) is 9.48. The Morgan fingerprint density at radius 1 is 1.56 bits per heavy atom. The van der Waals surface area contributed by atoms with Gasteiger partial charge in [-0.25, -0.2) is 0 Å². The summed E-state index contributed by atoms with van der Waals surface area (Å²) in [5, 5.41) is 2.96. The third-order valence-electron chi connectivity index (χ3n) is 2.78. The van der Waals surface area contributed by atoms with E-state index in [1.807, 2.05) is 0 Å². The molecule has 1 saturated carbocycles. The minimum Gasteiger partial charge on any atom is -0.368 e. The van der Waals surface area contributed by atoms with Gasteiger partial charge in [0.25, 0.3) is 0 Å². The first kappa shape index (κ1) is 15.4. The van der Waals surface area contributed by atoms with Crippen LogP contribution in [0.15, 0.2) is 12.7 Å². The average molecular weight is 249 g/mol. The van der Waals surface area contributed by atoms with E-state index in [2.05, 4.69) is 11.9 Å². The molecule has 0 aromatic heterocycles. The average Bonchev–Trinajstić information content (AvgIpc) is 2.65. The highest BCUT2D eigenvalue weighted by Gasteiger charge is 2.26. The van der Waals surface area contributed by atoms with Gasteiger partial charge in [0, 0.05) is 6.04 Å². The number of amides is 1. The van der Waals surface area contributed by atoms with E-state index in [0.29, 0.717) is 19.1 Å². The van der Waals surface area contributed by atoms with Crippen molar-refractivity contribution in [3.63, 3.8) is 0 Å². The first-order chi connectivity index (χ1) is 7.27. The summed E-state index contributed by atoms with van der Waals surface area (Å²) in [7, 11) is 0. The fraction of sp³-hybridized carbons (Fsp3) is 0.727. The zero-order chi connectivity index (χ0) is 11.1. The summed E-state index contributed by atoms with van der Waals surface area (Å²) in [6, 6.07) is 0.245. The van der Waals surface area contributed by atoms with Crippen molar-refractivity contribution in [3.05, 3.63) is 12.7 Å². The zero-order valence-corrected chi connectivity index (χ0v) is 10.3. The van der Waals surface area contributed by atoms with Crippen LogP contribution >= 0.6 is 12.4 Å². The Bertz CT molecular complexity index is 224. The second kappa shape index (κ2) is 8.56. The minimum absolute atomic E-state index is 0. The van der Waals surface area contributed by atoms with E-state index in [9.17, 15) is 4.79 Å². The van der Waals surface area contributed by atoms with Crippen LogP contribution in [0.1, 0.15) is 19.3 Å². The quantitative estimate of drug-likeness (QED) is 0.541. The predicted octanol–water partition coefficient (Wildman–Crippen LogP) is 0.854. The Morgan fingerprint density at radius 3 is 2.94 bits per heavy atom. The normalized spacial score (nSPS) is 23.6. The fourth-order valence-corrected chi connectivity index (χ4v) is 1.99. The molecule has 1 rings (SSSR count). The van der Waals surface area contributed by atoms with Gasteiger partial charge in [0.1, 0.15) is 6.61 Å². The lowest BCUT2D eigenvalue weighted by Gasteiger charge is -2.19. The number of nitrogens with two attached hydrogens (primary N) is 1. The van der Waals surface area contributed by atoms with Gasteiger partial charge >= 0.3 is 0 Å². The maximum absolute atomic E-state index is 11.4. The Labute approximate surface area is 103 Å². The van der Waals surface area contributed by atoms with Gasteiger partial charge in [0.05, 0.1) is 6.61 Å². The molecule has 0 heterocycles. The molecule has 1 aliphatic carbocycles. The standard InChI is InChI=1S/C11H20N2O2.ClH/c1-2-6-15-8-11(14)13-10-5-3-4-9(10)7-12;/h2,9-10H,1,3-8,12H2,(H,13,14);1H. The van der Waals surface area contributed by atoms with E-state index < -0.39 is 0 Å². The maximum atomic E-state index is 11.4. The van der Waals surface area contributed by atoms with E-state index in [1.54, 1.807) is 6.08 Å². The monoisotopic (exact) mass is 248 g/mol. The van der Waals surface area contributed by atoms with E-state index in [1.165, 1.54) is 0 Å². The van der Waals surface area contributed by atoms with Crippen LogP contribution in [0.3, 0.4) is 0 Å². The van der Waals surface area contributed by atoms with E-state index in [4.69, 9.17) is 10.5 Å². The molecule has 0 aromatic carbocycles. The topological polar surface area (TPSA) is 64.3 Å². The summed E-state index contributed by atoms with van der Waals surface area (Å²) in [6.45, 7) is 4.69. The highest BCUT2D eigenvalue weighted by molar-refractivity contribution is 5.85. The number of hydrogen-bond acceptors (Lipinski definition) is 3. The molecule has 1 fully saturated rings. The van der Waals surface area contributed by atoms with Crippen LogP contribution in [0.4, 0.5) is 0 Å². The molecule has 0 aliphatic heterocycles. The van der Waals surface area contributed by atoms with Crippen molar-refractivity contribution in [2.45, 2.75) is 25.3 Å². The van der Waals surface area contributed by atoms with Gasteiger partial charge in [-0.1, -0.05) is 12.5 Å². The SMILES string of the molecule is C=CCOCC(=O)NC1CCCC1CN.Cl. The number of carbonyl (C=O) groups excluding carboxylic acids is 1. The third kappa shape index (κ3) is 4.96. The largest absolute Gasteiger partial charge is 0.368 e. The molecule has 2 atom stereocenters. The molecule has 1 amide bonds. The summed E-state index contributed by atoms with van der Waals surface area (Å²) >= 11 is 0. The lowest BCUT2D eigenvalue weighted by molar-refractivity contribution is -0.126. The molecular weight excluding hydrogens is 228 g/mol. The molecule has 2 unspecified atom stereocenters. The van der Waals surface area contributed by atoms with Crippen molar-refractivity contribution in [2.24, 2.45) is 11.7 Å². The van der Waals surface area contributed by atoms with Gasteiger partial charge < -0.3 is 15.8 Å². The molecule has 0 saturated heterocycles. The van der Waals surface area contributed by atoms with E-state index >= 15 is 0 Å². The lowest BCUT2D eigenvalue weighted by Crippen LogP contribution is -2.41. The smallest absolute Gasteiger partial charge is 0.246 e. The number of rotatable bonds is 6. The van der Waals surface area contributed by atoms with E-state index in [0.717, 1.165) is 19.3 Å². The molecule has 0 radical (unpaired) electrons. The number of nitrogens with one attached hydrogen (secondary N) is 1. The van der Waals surface area contributed by atoms with Crippen LogP contribution < -0.4 is 11.1 Å². The summed E-state index contributed by atoms with van der Waals surface area (Å²) in [5.41, 5.74) is 5.63. The minimum atomic E-state index is -0.0535. The number of ether oxygens (including phenoxy) is 1. The highest BCUT2D eigenvalue weighted by atomic mass is 35.5. The van der Waals surface area contributed by atoms with Gasteiger partial charge in [0.15, 0.2) is 0 Å². The van der Waals surface area contributed by atoms with Crippen LogP contribution in [0.25, 0.3) is 0 Å². The van der Waals surface area contributed by atoms with Crippen LogP contribution in [0.2, 0.25) is 0 Å². The Balaban J connectivity index is 0.00000225. The van der Waals surface area contributed by atoms with Crippen LogP contribution in [-0.4, -0.2) is 31.7 Å². The van der Waals surface area contributed by atoms with Crippen molar-refractivity contribution in [1.29, 1.82) is 0 Å². The van der Waals surface area contributed by atoms with Gasteiger partial charge in [-0.15, -0.1) is 19.0 Å². The lowest BCUT2D eigenvalue weighted by atomic mass is 10.0. The summed E-state index contributed by atoms with van der Waals surface area (Å²) in [5.74, 6) is 0.385. The number of halogens is 1. The third-order valence-corrected chi connectivity index (χ3v) is 2.78. The summed E-state index contributed by atoms with van der Waals surface area (Å²) in [6.07, 6.45) is 4.94. The molecule has 3 N–H and O–H groups in total. The van der Waals surface area contributed by atoms with Crippen molar-refractivity contribution in [3.8, 4) is 0 Å². The molecule has 0 bridgehead atoms.